The van der Waals surface area contributed by atoms with Crippen molar-refractivity contribution in [2.24, 2.45) is 5.92 Å². The molecule has 0 aliphatic carbocycles. The molecule has 0 rings (SSSR count). The van der Waals surface area contributed by atoms with Gasteiger partial charge in [0.05, 0.1) is 0 Å². The average molecular weight is 262 g/mol. The summed E-state index contributed by atoms with van der Waals surface area (Å²) in [4.78, 5) is 34.7. The monoisotopic (exact) mass is 262 g/mol. The van der Waals surface area contributed by atoms with E-state index in [4.69, 9.17) is 19.6 Å². The Morgan fingerprint density at radius 1 is 1.14 bits per heavy atom. The average Bonchev–Trinajstić information content (AvgIpc) is 1.78. The van der Waals surface area contributed by atoms with Crippen LogP contribution in [0, 0.1) is 11.5 Å². The maximum absolute atomic E-state index is 10.8. The zero-order chi connectivity index (χ0) is 11.6. The summed E-state index contributed by atoms with van der Waals surface area (Å²) >= 11 is 0. The Kier molecular flexibility index (Phi) is 5.00. The molecule has 0 saturated carbocycles. The van der Waals surface area contributed by atoms with E-state index >= 15 is 0 Å². The van der Waals surface area contributed by atoms with Crippen molar-refractivity contribution in [3.8, 4) is 5.63 Å². The molecule has 0 fully saturated rings. The van der Waals surface area contributed by atoms with Crippen LogP contribution in [-0.4, -0.2) is 25.0 Å². The van der Waals surface area contributed by atoms with Gasteiger partial charge in [-0.3, -0.25) is 0 Å². The molecular formula is C4H9O7P3. The van der Waals surface area contributed by atoms with Gasteiger partial charge in [0.25, 0.3) is 0 Å². The van der Waals surface area contributed by atoms with Crippen molar-refractivity contribution in [3.05, 3.63) is 0 Å². The van der Waals surface area contributed by atoms with Crippen LogP contribution in [0.1, 0.15) is 6.92 Å². The molecule has 0 spiro atoms. The van der Waals surface area contributed by atoms with Crippen molar-refractivity contribution < 1.29 is 33.3 Å². The zero-order valence-corrected chi connectivity index (χ0v) is 9.69. The first-order chi connectivity index (χ1) is 6.10. The fourth-order valence-electron chi connectivity index (χ4n) is 0.928. The van der Waals surface area contributed by atoms with Gasteiger partial charge in [-0.2, -0.15) is 0 Å². The molecule has 0 amide bonds. The van der Waals surface area contributed by atoms with Gasteiger partial charge in [-0.05, 0) is 0 Å². The van der Waals surface area contributed by atoms with E-state index < -0.39 is 34.4 Å². The number of rotatable bonds is 3. The molecular weight excluding hydrogens is 253 g/mol. The van der Waals surface area contributed by atoms with Crippen LogP contribution < -0.4 is 0 Å². The number of hydrogen-bond donors (Lipinski definition) is 4. The SMILES string of the molecule is CC(C#P=O)C(P(=O)(O)O)P(=O)(O)O. The van der Waals surface area contributed by atoms with Crippen molar-refractivity contribution in [1.82, 2.24) is 0 Å². The topological polar surface area (TPSA) is 132 Å². The Balaban J connectivity index is 5.32. The molecule has 82 valence electrons. The molecule has 0 aromatic carbocycles. The van der Waals surface area contributed by atoms with Crippen LogP contribution in [-0.2, 0) is 13.7 Å². The van der Waals surface area contributed by atoms with E-state index in [-0.39, 0.29) is 0 Å². The molecule has 0 aliphatic rings. The summed E-state index contributed by atoms with van der Waals surface area (Å²) in [5.74, 6) is -1.27. The van der Waals surface area contributed by atoms with Crippen molar-refractivity contribution in [1.29, 1.82) is 0 Å². The summed E-state index contributed by atoms with van der Waals surface area (Å²) in [5, 5.41) is -2.18. The van der Waals surface area contributed by atoms with Crippen molar-refractivity contribution in [2.45, 2.75) is 12.3 Å². The fourth-order valence-corrected chi connectivity index (χ4v) is 4.36. The van der Waals surface area contributed by atoms with E-state index in [0.29, 0.717) is 0 Å². The summed E-state index contributed by atoms with van der Waals surface area (Å²) in [6.07, 6.45) is 0. The Labute approximate surface area is 81.0 Å². The van der Waals surface area contributed by atoms with E-state index in [9.17, 15) is 13.7 Å². The second kappa shape index (κ2) is 4.89. The van der Waals surface area contributed by atoms with Gasteiger partial charge in [0.2, 0.25) is 0 Å². The molecule has 0 bridgehead atoms. The summed E-state index contributed by atoms with van der Waals surface area (Å²) < 4.78 is 31.6. The quantitative estimate of drug-likeness (QED) is 0.546. The molecule has 0 saturated heterocycles. The van der Waals surface area contributed by atoms with Gasteiger partial charge in [0.15, 0.2) is 0 Å². The van der Waals surface area contributed by atoms with E-state index in [1.165, 1.54) is 0 Å². The molecule has 0 radical (unpaired) electrons. The van der Waals surface area contributed by atoms with Crippen LogP contribution in [0.5, 0.6) is 0 Å². The Bertz CT molecular complexity index is 362. The van der Waals surface area contributed by atoms with Crippen LogP contribution in [0.3, 0.4) is 0 Å². The van der Waals surface area contributed by atoms with E-state index in [0.717, 1.165) is 6.92 Å². The van der Waals surface area contributed by atoms with Gasteiger partial charge in [-0.1, -0.05) is 0 Å². The van der Waals surface area contributed by atoms with E-state index in [1.807, 2.05) is 5.63 Å². The fraction of sp³-hybridized carbons (Fsp3) is 0.750. The van der Waals surface area contributed by atoms with Crippen molar-refractivity contribution in [2.75, 3.05) is 0 Å². The first-order valence-corrected chi connectivity index (χ1v) is 7.46. The molecule has 4 N–H and O–H groups in total. The van der Waals surface area contributed by atoms with Gasteiger partial charge in [0, 0.05) is 0 Å². The molecule has 0 aromatic rings. The van der Waals surface area contributed by atoms with Crippen LogP contribution in [0.2, 0.25) is 0 Å². The van der Waals surface area contributed by atoms with Crippen molar-refractivity contribution in [3.63, 3.8) is 0 Å². The van der Waals surface area contributed by atoms with Gasteiger partial charge >= 0.3 is 80.2 Å². The van der Waals surface area contributed by atoms with Gasteiger partial charge in [-0.15, -0.1) is 0 Å². The molecule has 0 aliphatic heterocycles. The molecule has 0 aromatic heterocycles. The van der Waals surface area contributed by atoms with Crippen LogP contribution in [0.15, 0.2) is 0 Å². The molecule has 1 unspecified atom stereocenters. The third kappa shape index (κ3) is 4.22. The minimum absolute atomic E-state index is 0.657. The zero-order valence-electron chi connectivity index (χ0n) is 7.01. The third-order valence-electron chi connectivity index (χ3n) is 1.39. The van der Waals surface area contributed by atoms with E-state index in [2.05, 4.69) is 0 Å². The Morgan fingerprint density at radius 2 is 1.50 bits per heavy atom. The van der Waals surface area contributed by atoms with Gasteiger partial charge in [-0.25, -0.2) is 0 Å². The first kappa shape index (κ1) is 14.3. The predicted molar refractivity (Wildman–Crippen MR) is 48.5 cm³/mol. The van der Waals surface area contributed by atoms with Crippen molar-refractivity contribution >= 4 is 23.1 Å². The normalized spacial score (nSPS) is 15.0. The second-order valence-corrected chi connectivity index (χ2v) is 6.92. The molecule has 14 heavy (non-hydrogen) atoms. The van der Waals surface area contributed by atoms with Crippen LogP contribution in [0.4, 0.5) is 0 Å². The summed E-state index contributed by atoms with van der Waals surface area (Å²) in [6.45, 7) is 1.12. The molecule has 10 heteroatoms. The molecule has 7 nitrogen and oxygen atoms in total. The summed E-state index contributed by atoms with van der Waals surface area (Å²) in [6, 6.07) is 0. The summed E-state index contributed by atoms with van der Waals surface area (Å²) in [7, 11) is -10.6. The number of hydrogen-bond acceptors (Lipinski definition) is 3. The third-order valence-corrected chi connectivity index (χ3v) is 5.98. The maximum atomic E-state index is 10.8. The minimum atomic E-state index is -4.95. The van der Waals surface area contributed by atoms with Gasteiger partial charge < -0.3 is 0 Å². The molecule has 0 heterocycles. The molecule has 1 atom stereocenters. The predicted octanol–water partition coefficient (Wildman–Crippen LogP) is 0.555. The van der Waals surface area contributed by atoms with Gasteiger partial charge in [0.1, 0.15) is 0 Å². The first-order valence-electron chi connectivity index (χ1n) is 3.29. The van der Waals surface area contributed by atoms with Crippen LogP contribution in [0.25, 0.3) is 0 Å². The summed E-state index contributed by atoms with van der Waals surface area (Å²) in [5.41, 5.74) is 1.99. The Morgan fingerprint density at radius 3 is 1.71 bits per heavy atom. The second-order valence-electron chi connectivity index (χ2n) is 2.60. The van der Waals surface area contributed by atoms with Crippen LogP contribution >= 0.6 is 23.1 Å². The Hall–Kier alpha value is 0.310. The standard InChI is InChI=1S/C4H9O7P3/c1-3(2-12-5)4(13(6,7)8)14(9,10)11/h3-4H,1H3,(H2,6,7,8)(H2,9,10,11). The van der Waals surface area contributed by atoms with E-state index in [1.54, 1.807) is 0 Å².